The van der Waals surface area contributed by atoms with E-state index < -0.39 is 0 Å². The van der Waals surface area contributed by atoms with Crippen molar-refractivity contribution in [1.82, 2.24) is 0 Å². The molecule has 0 spiro atoms. The van der Waals surface area contributed by atoms with E-state index in [1.165, 1.54) is 60.1 Å². The van der Waals surface area contributed by atoms with E-state index in [1.807, 2.05) is 18.2 Å². The van der Waals surface area contributed by atoms with Crippen LogP contribution in [0.15, 0.2) is 146 Å². The monoisotopic (exact) mass is 622 g/mol. The molecule has 0 amide bonds. The number of allylic oxidation sites excluding steroid dienone is 4. The summed E-state index contributed by atoms with van der Waals surface area (Å²) < 4.78 is 11.9. The van der Waals surface area contributed by atoms with Gasteiger partial charge in [-0.1, -0.05) is 48.4 Å². The summed E-state index contributed by atoms with van der Waals surface area (Å²) in [4.78, 5) is 0. The maximum atomic E-state index is 5.33. The van der Waals surface area contributed by atoms with Gasteiger partial charge in [0.2, 0.25) is 0 Å². The van der Waals surface area contributed by atoms with Gasteiger partial charge in [-0.25, -0.2) is 0 Å². The summed E-state index contributed by atoms with van der Waals surface area (Å²) in [5.74, 6) is 1.63. The largest absolute Gasteiger partial charge is 0.126 e. The van der Waals surface area contributed by atoms with Crippen LogP contribution in [0.3, 0.4) is 0 Å². The van der Waals surface area contributed by atoms with Crippen LogP contribution in [0.1, 0.15) is 23.1 Å². The van der Waals surface area contributed by atoms with E-state index >= 15 is 0 Å². The Labute approximate surface area is 263 Å². The van der Waals surface area contributed by atoms with E-state index in [9.17, 15) is 0 Å². The number of hydrogen-bond donors (Lipinski definition) is 0. The molecule has 3 heteroatoms. The van der Waals surface area contributed by atoms with Gasteiger partial charge in [0, 0.05) is 6.07 Å². The molecule has 0 fully saturated rings. The SMILES string of the molecule is COc1ccc(C2=[C-]CC=C2)c(OC)c1.[Zr+2]=[C](c1ccccc1)c1ccccc1.c1ccc2c(c1)[cH-]c1ccccc12. The first-order chi connectivity index (χ1) is 20.7. The van der Waals surface area contributed by atoms with Crippen LogP contribution < -0.4 is 9.47 Å². The number of benzene rings is 5. The fourth-order valence-corrected chi connectivity index (χ4v) is 5.71. The van der Waals surface area contributed by atoms with Gasteiger partial charge in [0.05, 0.1) is 20.0 Å². The number of rotatable bonds is 5. The van der Waals surface area contributed by atoms with Crippen LogP contribution in [0.4, 0.5) is 0 Å². The van der Waals surface area contributed by atoms with Gasteiger partial charge in [-0.05, 0) is 6.07 Å². The van der Waals surface area contributed by atoms with Crippen LogP contribution in [0, 0.1) is 6.08 Å². The van der Waals surface area contributed by atoms with Crippen molar-refractivity contribution in [2.75, 3.05) is 14.2 Å². The Morgan fingerprint density at radius 2 is 1.21 bits per heavy atom. The second kappa shape index (κ2) is 14.6. The molecular weight excluding hydrogens is 592 g/mol. The quantitative estimate of drug-likeness (QED) is 0.178. The Hall–Kier alpha value is -4.20. The molecule has 42 heavy (non-hydrogen) atoms. The maximum absolute atomic E-state index is 5.33. The molecule has 0 aromatic heterocycles. The first kappa shape index (κ1) is 29.3. The summed E-state index contributed by atoms with van der Waals surface area (Å²) >= 11 is 1.46. The van der Waals surface area contributed by atoms with Crippen molar-refractivity contribution >= 4 is 30.3 Å². The summed E-state index contributed by atoms with van der Waals surface area (Å²) in [7, 11) is 3.31. The van der Waals surface area contributed by atoms with Gasteiger partial charge in [-0.2, -0.15) is 17.7 Å². The van der Waals surface area contributed by atoms with Crippen molar-refractivity contribution in [3.63, 3.8) is 0 Å². The van der Waals surface area contributed by atoms with Gasteiger partial charge in [0.1, 0.15) is 5.75 Å². The Morgan fingerprint density at radius 3 is 1.71 bits per heavy atom. The van der Waals surface area contributed by atoms with Crippen LogP contribution in [0.25, 0.3) is 27.1 Å². The summed E-state index contributed by atoms with van der Waals surface area (Å²) in [5.41, 5.74) is 4.82. The Balaban J connectivity index is 0.000000126. The molecule has 0 radical (unpaired) electrons. The van der Waals surface area contributed by atoms with E-state index in [2.05, 4.69) is 133 Å². The normalized spacial score (nSPS) is 11.7. The van der Waals surface area contributed by atoms with E-state index in [1.54, 1.807) is 14.2 Å². The molecule has 6 aromatic rings. The molecule has 2 nitrogen and oxygen atoms in total. The minimum absolute atomic E-state index is 0.804. The van der Waals surface area contributed by atoms with E-state index in [0.29, 0.717) is 0 Å². The summed E-state index contributed by atoms with van der Waals surface area (Å²) in [5, 5.41) is 5.39. The third-order valence-corrected chi connectivity index (χ3v) is 8.46. The van der Waals surface area contributed by atoms with Crippen LogP contribution in [-0.4, -0.2) is 17.4 Å². The van der Waals surface area contributed by atoms with E-state index in [4.69, 9.17) is 9.47 Å². The first-order valence-electron chi connectivity index (χ1n) is 13.9. The zero-order valence-corrected chi connectivity index (χ0v) is 26.3. The number of hydrogen-bond acceptors (Lipinski definition) is 2. The predicted octanol–water partition coefficient (Wildman–Crippen LogP) is 9.36. The molecule has 7 rings (SSSR count). The number of fused-ring (bicyclic) bond motifs is 3. The van der Waals surface area contributed by atoms with Gasteiger partial charge >= 0.3 is 99.2 Å². The fourth-order valence-electron chi connectivity index (χ4n) is 4.89. The average molecular weight is 624 g/mol. The van der Waals surface area contributed by atoms with Gasteiger partial charge in [0.15, 0.2) is 0 Å². The molecule has 1 aliphatic carbocycles. The fraction of sp³-hybridized carbons (Fsp3) is 0.0769. The maximum Gasteiger partial charge on any atom is -0.0771 e. The average Bonchev–Trinajstić information content (AvgIpc) is 3.74. The van der Waals surface area contributed by atoms with Crippen molar-refractivity contribution in [1.29, 1.82) is 0 Å². The van der Waals surface area contributed by atoms with Gasteiger partial charge in [0.25, 0.3) is 0 Å². The molecule has 0 N–H and O–H groups in total. The Bertz CT molecular complexity index is 1740. The third kappa shape index (κ3) is 7.16. The Kier molecular flexibility index (Phi) is 10.2. The minimum Gasteiger partial charge on any atom is -0.126 e. The van der Waals surface area contributed by atoms with Crippen LogP contribution in [0.5, 0.6) is 11.5 Å². The van der Waals surface area contributed by atoms with Gasteiger partial charge in [-0.15, -0.1) is 51.9 Å². The molecule has 204 valence electrons. The third-order valence-electron chi connectivity index (χ3n) is 7.04. The van der Waals surface area contributed by atoms with Crippen LogP contribution in [-0.2, 0) is 24.2 Å². The van der Waals surface area contributed by atoms with E-state index in [-0.39, 0.29) is 0 Å². The van der Waals surface area contributed by atoms with E-state index in [0.717, 1.165) is 29.1 Å². The summed E-state index contributed by atoms with van der Waals surface area (Å²) in [6.07, 6.45) is 8.29. The second-order valence-electron chi connectivity index (χ2n) is 9.69. The number of ether oxygens (including phenoxy) is 2. The number of methoxy groups -OCH3 is 2. The molecule has 0 saturated heterocycles. The van der Waals surface area contributed by atoms with Crippen LogP contribution in [0.2, 0.25) is 0 Å². The van der Waals surface area contributed by atoms with Gasteiger partial charge < -0.3 is 9.47 Å². The van der Waals surface area contributed by atoms with Crippen LogP contribution >= 0.6 is 0 Å². The summed E-state index contributed by atoms with van der Waals surface area (Å²) in [6.45, 7) is 0. The predicted molar refractivity (Wildman–Crippen MR) is 173 cm³/mol. The smallest absolute Gasteiger partial charge is 0.0771 e. The summed E-state index contributed by atoms with van der Waals surface area (Å²) in [6, 6.07) is 46.2. The molecule has 0 heterocycles. The molecule has 0 unspecified atom stereocenters. The zero-order valence-electron chi connectivity index (χ0n) is 23.9. The standard InChI is InChI=1S/C13H13O2.C13H9.C13H10.Zr/c1-14-11-7-8-12(13(9-11)15-2)10-5-3-4-6-10;1-3-7-12-10(5-1)9-11-6-2-4-8-13(11)12;1-3-7-12(8-4-1)11-13-9-5-2-6-10-13;/h3,5,7-9H,4H2,1-2H3;1-9H;1-10H;/q2*-1;;+2. The molecule has 6 aromatic carbocycles. The van der Waals surface area contributed by atoms with Crippen molar-refractivity contribution in [2.45, 2.75) is 6.42 Å². The van der Waals surface area contributed by atoms with Crippen molar-refractivity contribution in [3.8, 4) is 11.5 Å². The molecule has 0 aliphatic heterocycles. The van der Waals surface area contributed by atoms with Crippen molar-refractivity contribution in [2.24, 2.45) is 0 Å². The molecule has 1 aliphatic rings. The first-order valence-corrected chi connectivity index (χ1v) is 15.1. The van der Waals surface area contributed by atoms with Crippen molar-refractivity contribution in [3.05, 3.63) is 168 Å². The minimum atomic E-state index is 0.804. The zero-order chi connectivity index (χ0) is 29.1. The van der Waals surface area contributed by atoms with Crippen molar-refractivity contribution < 1.29 is 33.7 Å². The second-order valence-corrected chi connectivity index (χ2v) is 10.9. The molecule has 0 atom stereocenters. The molecule has 0 saturated carbocycles. The topological polar surface area (TPSA) is 18.5 Å². The molecular formula is C39H32O2Zr. The Morgan fingerprint density at radius 1 is 0.667 bits per heavy atom. The van der Waals surface area contributed by atoms with Gasteiger partial charge in [-0.3, -0.25) is 0 Å². The molecule has 0 bridgehead atoms.